The third-order valence-corrected chi connectivity index (χ3v) is 6.04. The molecule has 26 heavy (non-hydrogen) atoms. The Morgan fingerprint density at radius 2 is 1.85 bits per heavy atom. The summed E-state index contributed by atoms with van der Waals surface area (Å²) in [6, 6.07) is 0. The Morgan fingerprint density at radius 3 is 2.42 bits per heavy atom. The van der Waals surface area contributed by atoms with Crippen LogP contribution in [-0.2, 0) is 9.47 Å². The molecule has 1 saturated heterocycles. The van der Waals surface area contributed by atoms with Crippen LogP contribution in [0.3, 0.4) is 0 Å². The number of aliphatic imine (C=N–C) groups is 1. The fourth-order valence-corrected chi connectivity index (χ4v) is 3.95. The maximum absolute atomic E-state index is 5.30. The van der Waals surface area contributed by atoms with Crippen LogP contribution < -0.4 is 10.6 Å². The van der Waals surface area contributed by atoms with Gasteiger partial charge in [-0.2, -0.15) is 0 Å². The average Bonchev–Trinajstić information content (AvgIpc) is 2.64. The third-order valence-electron chi connectivity index (χ3n) is 6.04. The lowest BCUT2D eigenvalue weighted by atomic mass is 9.67. The standard InChI is InChI=1S/C20H40N4O2/c1-4-21-19(23-17-20(8-5-9-20)10-14-25-2)22-16-18-6-11-24(12-7-18)13-15-26-3/h18H,4-17H2,1-3H3,(H2,21,22,23). The fraction of sp³-hybridized carbons (Fsp3) is 0.950. The Labute approximate surface area is 160 Å². The van der Waals surface area contributed by atoms with E-state index in [2.05, 4.69) is 22.5 Å². The van der Waals surface area contributed by atoms with Crippen molar-refractivity contribution in [2.45, 2.75) is 45.4 Å². The molecule has 0 unspecified atom stereocenters. The molecule has 0 spiro atoms. The molecular weight excluding hydrogens is 328 g/mol. The quantitative estimate of drug-likeness (QED) is 0.432. The molecule has 1 aliphatic carbocycles. The van der Waals surface area contributed by atoms with Gasteiger partial charge in [0.1, 0.15) is 0 Å². The van der Waals surface area contributed by atoms with E-state index in [4.69, 9.17) is 14.5 Å². The number of likely N-dealkylation sites (tertiary alicyclic amines) is 1. The van der Waals surface area contributed by atoms with Gasteiger partial charge >= 0.3 is 0 Å². The molecule has 0 amide bonds. The molecular formula is C20H40N4O2. The minimum Gasteiger partial charge on any atom is -0.385 e. The largest absolute Gasteiger partial charge is 0.385 e. The van der Waals surface area contributed by atoms with E-state index in [1.165, 1.54) is 45.2 Å². The summed E-state index contributed by atoms with van der Waals surface area (Å²) in [5, 5.41) is 7.01. The minimum absolute atomic E-state index is 0.380. The highest BCUT2D eigenvalue weighted by Gasteiger charge is 2.36. The van der Waals surface area contributed by atoms with E-state index >= 15 is 0 Å². The lowest BCUT2D eigenvalue weighted by Crippen LogP contribution is -2.44. The van der Waals surface area contributed by atoms with Crippen LogP contribution in [0.2, 0.25) is 0 Å². The monoisotopic (exact) mass is 368 g/mol. The van der Waals surface area contributed by atoms with Gasteiger partial charge in [-0.3, -0.25) is 4.99 Å². The zero-order valence-electron chi connectivity index (χ0n) is 17.2. The summed E-state index contributed by atoms with van der Waals surface area (Å²) in [5.74, 6) is 1.72. The maximum atomic E-state index is 5.30. The van der Waals surface area contributed by atoms with Crippen LogP contribution in [0.5, 0.6) is 0 Å². The number of rotatable bonds is 11. The Kier molecular flexibility index (Phi) is 9.72. The van der Waals surface area contributed by atoms with Crippen molar-refractivity contribution in [1.29, 1.82) is 0 Å². The summed E-state index contributed by atoms with van der Waals surface area (Å²) < 4.78 is 10.5. The molecule has 0 aromatic carbocycles. The van der Waals surface area contributed by atoms with Crippen molar-refractivity contribution >= 4 is 5.96 Å². The summed E-state index contributed by atoms with van der Waals surface area (Å²) in [5.41, 5.74) is 0.380. The average molecular weight is 369 g/mol. The van der Waals surface area contributed by atoms with Gasteiger partial charge in [0, 0.05) is 47.0 Å². The van der Waals surface area contributed by atoms with Gasteiger partial charge in [0.05, 0.1) is 6.61 Å². The van der Waals surface area contributed by atoms with Gasteiger partial charge in [-0.1, -0.05) is 6.42 Å². The van der Waals surface area contributed by atoms with Gasteiger partial charge in [0.15, 0.2) is 5.96 Å². The van der Waals surface area contributed by atoms with E-state index in [1.54, 1.807) is 14.2 Å². The molecule has 1 saturated carbocycles. The van der Waals surface area contributed by atoms with Crippen molar-refractivity contribution in [3.63, 3.8) is 0 Å². The van der Waals surface area contributed by atoms with Gasteiger partial charge in [-0.05, 0) is 63.5 Å². The predicted molar refractivity (Wildman–Crippen MR) is 108 cm³/mol. The molecule has 6 heteroatoms. The Morgan fingerprint density at radius 1 is 1.12 bits per heavy atom. The zero-order chi connectivity index (χ0) is 18.7. The second-order valence-electron chi connectivity index (χ2n) is 7.95. The molecule has 0 aromatic rings. The topological polar surface area (TPSA) is 58.1 Å². The second kappa shape index (κ2) is 11.8. The number of hydrogen-bond donors (Lipinski definition) is 2. The lowest BCUT2D eigenvalue weighted by Gasteiger charge is -2.41. The van der Waals surface area contributed by atoms with Gasteiger partial charge in [-0.25, -0.2) is 0 Å². The summed E-state index contributed by atoms with van der Waals surface area (Å²) in [4.78, 5) is 7.42. The molecule has 0 bridgehead atoms. The SMILES string of the molecule is CCNC(=NCC1(CCOC)CCC1)NCC1CCN(CCOC)CC1. The van der Waals surface area contributed by atoms with Crippen molar-refractivity contribution in [2.24, 2.45) is 16.3 Å². The first-order valence-electron chi connectivity index (χ1n) is 10.4. The first-order valence-corrected chi connectivity index (χ1v) is 10.4. The van der Waals surface area contributed by atoms with Crippen molar-refractivity contribution in [3.05, 3.63) is 0 Å². The smallest absolute Gasteiger partial charge is 0.191 e. The highest BCUT2D eigenvalue weighted by atomic mass is 16.5. The van der Waals surface area contributed by atoms with Crippen molar-refractivity contribution in [3.8, 4) is 0 Å². The molecule has 2 N–H and O–H groups in total. The van der Waals surface area contributed by atoms with Crippen molar-refractivity contribution in [1.82, 2.24) is 15.5 Å². The number of nitrogens with one attached hydrogen (secondary N) is 2. The zero-order valence-corrected chi connectivity index (χ0v) is 17.2. The van der Waals surface area contributed by atoms with Crippen LogP contribution in [0.15, 0.2) is 4.99 Å². The van der Waals surface area contributed by atoms with E-state index in [0.717, 1.165) is 57.7 Å². The van der Waals surface area contributed by atoms with Crippen LogP contribution >= 0.6 is 0 Å². The number of nitrogens with zero attached hydrogens (tertiary/aromatic N) is 2. The van der Waals surface area contributed by atoms with Crippen LogP contribution in [0, 0.1) is 11.3 Å². The van der Waals surface area contributed by atoms with Gasteiger partial charge in [-0.15, -0.1) is 0 Å². The van der Waals surface area contributed by atoms with E-state index in [-0.39, 0.29) is 0 Å². The Bertz CT molecular complexity index is 405. The predicted octanol–water partition coefficient (Wildman–Crippen LogP) is 2.11. The summed E-state index contributed by atoms with van der Waals surface area (Å²) in [7, 11) is 3.57. The van der Waals surface area contributed by atoms with E-state index in [9.17, 15) is 0 Å². The fourth-order valence-electron chi connectivity index (χ4n) is 3.95. The number of ether oxygens (including phenoxy) is 2. The van der Waals surface area contributed by atoms with E-state index in [0.29, 0.717) is 5.41 Å². The maximum Gasteiger partial charge on any atom is 0.191 e. The normalized spacial score (nSPS) is 21.4. The van der Waals surface area contributed by atoms with Crippen LogP contribution in [0.25, 0.3) is 0 Å². The first kappa shape index (κ1) is 21.5. The third kappa shape index (κ3) is 7.05. The van der Waals surface area contributed by atoms with E-state index < -0.39 is 0 Å². The minimum atomic E-state index is 0.380. The molecule has 2 fully saturated rings. The molecule has 2 aliphatic rings. The Hall–Kier alpha value is -0.850. The molecule has 152 valence electrons. The summed E-state index contributed by atoms with van der Waals surface area (Å²) in [6.07, 6.45) is 7.57. The summed E-state index contributed by atoms with van der Waals surface area (Å²) in [6.45, 7) is 10.1. The van der Waals surface area contributed by atoms with Crippen LogP contribution in [0.1, 0.15) is 45.4 Å². The number of guanidine groups is 1. The van der Waals surface area contributed by atoms with E-state index in [1.807, 2.05) is 0 Å². The molecule has 0 atom stereocenters. The molecule has 0 radical (unpaired) electrons. The van der Waals surface area contributed by atoms with Crippen molar-refractivity contribution in [2.75, 3.05) is 66.7 Å². The highest BCUT2D eigenvalue weighted by Crippen LogP contribution is 2.44. The number of hydrogen-bond acceptors (Lipinski definition) is 4. The highest BCUT2D eigenvalue weighted by molar-refractivity contribution is 5.79. The van der Waals surface area contributed by atoms with Crippen LogP contribution in [-0.4, -0.2) is 77.6 Å². The Balaban J connectivity index is 1.73. The van der Waals surface area contributed by atoms with Gasteiger partial charge in [0.2, 0.25) is 0 Å². The summed E-state index contributed by atoms with van der Waals surface area (Å²) >= 11 is 0. The molecule has 2 rings (SSSR count). The first-order chi connectivity index (χ1) is 12.7. The van der Waals surface area contributed by atoms with Gasteiger partial charge in [0.25, 0.3) is 0 Å². The van der Waals surface area contributed by atoms with Crippen LogP contribution in [0.4, 0.5) is 0 Å². The van der Waals surface area contributed by atoms with Gasteiger partial charge < -0.3 is 25.0 Å². The number of piperidine rings is 1. The molecule has 0 aromatic heterocycles. The molecule has 1 heterocycles. The second-order valence-corrected chi connectivity index (χ2v) is 7.95. The van der Waals surface area contributed by atoms with Crippen molar-refractivity contribution < 1.29 is 9.47 Å². The molecule has 6 nitrogen and oxygen atoms in total. The lowest BCUT2D eigenvalue weighted by molar-refractivity contribution is 0.0778. The number of methoxy groups -OCH3 is 2. The molecule has 1 aliphatic heterocycles.